The third-order valence-electron chi connectivity index (χ3n) is 6.08. The van der Waals surface area contributed by atoms with Crippen molar-refractivity contribution in [2.45, 2.75) is 31.6 Å². The monoisotopic (exact) mass is 523 g/mol. The van der Waals surface area contributed by atoms with Crippen LogP contribution in [-0.4, -0.2) is 37.3 Å². The Kier molecular flexibility index (Phi) is 5.76. The van der Waals surface area contributed by atoms with Crippen LogP contribution in [0.2, 0.25) is 0 Å². The molecule has 0 spiro atoms. The average Bonchev–Trinajstić information content (AvgIpc) is 3.26. The fourth-order valence-electron chi connectivity index (χ4n) is 3.99. The van der Waals surface area contributed by atoms with Crippen molar-refractivity contribution >= 4 is 33.8 Å². The SMILES string of the molecule is O=C(Nc1cc2[nH]ncc2cc1-c1cccc(CNC2CC2)c1)c1csc(-c2cc(C(F)(F)F)[nH]n2)n1. The maximum Gasteiger partial charge on any atom is 0.432 e. The van der Waals surface area contributed by atoms with Gasteiger partial charge >= 0.3 is 6.18 Å². The highest BCUT2D eigenvalue weighted by Crippen LogP contribution is 2.34. The minimum absolute atomic E-state index is 0.0209. The Morgan fingerprint density at radius 3 is 2.78 bits per heavy atom. The van der Waals surface area contributed by atoms with Gasteiger partial charge in [-0.05, 0) is 48.2 Å². The number of carbonyl (C=O) groups excluding carboxylic acids is 1. The van der Waals surface area contributed by atoms with Crippen molar-refractivity contribution in [3.63, 3.8) is 0 Å². The van der Waals surface area contributed by atoms with Crippen molar-refractivity contribution in [2.24, 2.45) is 0 Å². The zero-order chi connectivity index (χ0) is 25.6. The molecule has 188 valence electrons. The second kappa shape index (κ2) is 9.12. The zero-order valence-electron chi connectivity index (χ0n) is 19.2. The number of alkyl halides is 3. The van der Waals surface area contributed by atoms with Crippen LogP contribution in [0.5, 0.6) is 0 Å². The summed E-state index contributed by atoms with van der Waals surface area (Å²) in [5.74, 6) is -0.485. The predicted molar refractivity (Wildman–Crippen MR) is 134 cm³/mol. The molecule has 12 heteroatoms. The van der Waals surface area contributed by atoms with E-state index in [1.54, 1.807) is 12.3 Å². The van der Waals surface area contributed by atoms with E-state index in [-0.39, 0.29) is 16.4 Å². The molecular formula is C25H20F3N7OS. The minimum Gasteiger partial charge on any atom is -0.320 e. The molecule has 0 unspecified atom stereocenters. The summed E-state index contributed by atoms with van der Waals surface area (Å²) in [6.07, 6.45) is -0.422. The molecule has 3 heterocycles. The number of rotatable bonds is 7. The molecule has 0 bridgehead atoms. The maximum absolute atomic E-state index is 13.1. The first-order valence-corrected chi connectivity index (χ1v) is 12.4. The van der Waals surface area contributed by atoms with Crippen LogP contribution in [-0.2, 0) is 12.7 Å². The fourth-order valence-corrected chi connectivity index (χ4v) is 4.75. The summed E-state index contributed by atoms with van der Waals surface area (Å²) in [6.45, 7) is 0.763. The van der Waals surface area contributed by atoms with E-state index >= 15 is 0 Å². The molecule has 3 aromatic heterocycles. The standard InChI is InChI=1S/C25H20F3N7OS/c26-25(27,28)22-9-20(34-35-22)24-32-21(12-37-24)23(36)31-19-8-18-15(11-30-33-18)7-17(19)14-3-1-2-13(6-14)10-29-16-4-5-16/h1-3,6-9,11-12,16,29H,4-5,10H2,(H,30,33)(H,31,36)(H,34,35). The van der Waals surface area contributed by atoms with Gasteiger partial charge in [-0.25, -0.2) is 4.98 Å². The number of hydrogen-bond donors (Lipinski definition) is 4. The van der Waals surface area contributed by atoms with Crippen molar-refractivity contribution in [1.29, 1.82) is 0 Å². The Morgan fingerprint density at radius 1 is 1.14 bits per heavy atom. The summed E-state index contributed by atoms with van der Waals surface area (Å²) in [5, 5.41) is 21.7. The second-order valence-corrected chi connectivity index (χ2v) is 9.73. The molecule has 1 aliphatic carbocycles. The summed E-state index contributed by atoms with van der Waals surface area (Å²) in [7, 11) is 0. The summed E-state index contributed by atoms with van der Waals surface area (Å²) in [4.78, 5) is 17.3. The number of carbonyl (C=O) groups is 1. The molecule has 1 amide bonds. The molecule has 6 rings (SSSR count). The maximum atomic E-state index is 13.1. The van der Waals surface area contributed by atoms with E-state index in [0.29, 0.717) is 11.7 Å². The van der Waals surface area contributed by atoms with Crippen LogP contribution in [0, 0.1) is 0 Å². The number of aromatic amines is 2. The number of amides is 1. The summed E-state index contributed by atoms with van der Waals surface area (Å²) in [5.41, 5.74) is 3.31. The number of nitrogens with zero attached hydrogens (tertiary/aromatic N) is 3. The number of H-pyrrole nitrogens is 2. The first-order chi connectivity index (χ1) is 17.8. The van der Waals surface area contributed by atoms with Gasteiger partial charge in [-0.15, -0.1) is 11.3 Å². The molecular weight excluding hydrogens is 503 g/mol. The summed E-state index contributed by atoms with van der Waals surface area (Å²) in [6, 6.07) is 13.3. The van der Waals surface area contributed by atoms with E-state index < -0.39 is 17.8 Å². The lowest BCUT2D eigenvalue weighted by Gasteiger charge is -2.13. The van der Waals surface area contributed by atoms with Gasteiger partial charge in [0.05, 0.1) is 17.4 Å². The van der Waals surface area contributed by atoms with Crippen LogP contribution in [0.1, 0.15) is 34.6 Å². The largest absolute Gasteiger partial charge is 0.432 e. The molecule has 1 aliphatic rings. The fraction of sp³-hybridized carbons (Fsp3) is 0.200. The molecule has 8 nitrogen and oxygen atoms in total. The molecule has 4 N–H and O–H groups in total. The zero-order valence-corrected chi connectivity index (χ0v) is 20.0. The number of fused-ring (bicyclic) bond motifs is 1. The lowest BCUT2D eigenvalue weighted by atomic mass is 9.99. The first-order valence-electron chi connectivity index (χ1n) is 11.5. The van der Waals surface area contributed by atoms with Crippen LogP contribution in [0.3, 0.4) is 0 Å². The van der Waals surface area contributed by atoms with Crippen molar-refractivity contribution in [2.75, 3.05) is 5.32 Å². The smallest absolute Gasteiger partial charge is 0.320 e. The van der Waals surface area contributed by atoms with Crippen molar-refractivity contribution in [1.82, 2.24) is 30.7 Å². The van der Waals surface area contributed by atoms with E-state index in [1.807, 2.05) is 23.3 Å². The van der Waals surface area contributed by atoms with Gasteiger partial charge in [0.1, 0.15) is 22.1 Å². The van der Waals surface area contributed by atoms with E-state index in [9.17, 15) is 18.0 Å². The number of anilines is 1. The number of thiazole rings is 1. The van der Waals surface area contributed by atoms with Crippen LogP contribution in [0.25, 0.3) is 32.7 Å². The minimum atomic E-state index is -4.55. The Hall–Kier alpha value is -4.03. The van der Waals surface area contributed by atoms with E-state index in [2.05, 4.69) is 43.0 Å². The molecule has 1 saturated carbocycles. The molecule has 1 fully saturated rings. The summed E-state index contributed by atoms with van der Waals surface area (Å²) < 4.78 is 38.7. The van der Waals surface area contributed by atoms with Crippen LogP contribution in [0.15, 0.2) is 54.0 Å². The Balaban J connectivity index is 1.28. The van der Waals surface area contributed by atoms with Crippen molar-refractivity contribution in [3.8, 4) is 21.8 Å². The van der Waals surface area contributed by atoms with Gasteiger partial charge in [0.15, 0.2) is 0 Å². The number of aromatic nitrogens is 5. The molecule has 0 radical (unpaired) electrons. The number of nitrogens with one attached hydrogen (secondary N) is 4. The van der Waals surface area contributed by atoms with Gasteiger partial charge in [0, 0.05) is 28.9 Å². The van der Waals surface area contributed by atoms with Gasteiger partial charge < -0.3 is 10.6 Å². The normalized spacial score (nSPS) is 13.8. The predicted octanol–water partition coefficient (Wildman–Crippen LogP) is 5.60. The first kappa shape index (κ1) is 23.4. The van der Waals surface area contributed by atoms with E-state index in [1.165, 1.54) is 18.2 Å². The van der Waals surface area contributed by atoms with Gasteiger partial charge in [-0.2, -0.15) is 23.4 Å². The van der Waals surface area contributed by atoms with Gasteiger partial charge in [-0.1, -0.05) is 18.2 Å². The highest BCUT2D eigenvalue weighted by atomic mass is 32.1. The number of hydrogen-bond acceptors (Lipinski definition) is 6. The van der Waals surface area contributed by atoms with Crippen LogP contribution >= 0.6 is 11.3 Å². The molecule has 0 atom stereocenters. The topological polar surface area (TPSA) is 111 Å². The van der Waals surface area contributed by atoms with Gasteiger partial charge in [0.25, 0.3) is 5.91 Å². The number of benzene rings is 2. The Labute approximate surface area is 212 Å². The van der Waals surface area contributed by atoms with Crippen molar-refractivity contribution < 1.29 is 18.0 Å². The molecule has 0 aliphatic heterocycles. The third-order valence-corrected chi connectivity index (χ3v) is 6.94. The van der Waals surface area contributed by atoms with E-state index in [4.69, 9.17) is 0 Å². The summed E-state index contributed by atoms with van der Waals surface area (Å²) >= 11 is 1.04. The van der Waals surface area contributed by atoms with Gasteiger partial charge in [-0.3, -0.25) is 15.0 Å². The third kappa shape index (κ3) is 4.98. The Bertz CT molecular complexity index is 1600. The Morgan fingerprint density at radius 2 is 2.00 bits per heavy atom. The molecule has 0 saturated heterocycles. The number of halogens is 3. The van der Waals surface area contributed by atoms with Gasteiger partial charge in [0.2, 0.25) is 0 Å². The van der Waals surface area contributed by atoms with Crippen molar-refractivity contribution in [3.05, 3.63) is 71.0 Å². The average molecular weight is 524 g/mol. The highest BCUT2D eigenvalue weighted by molar-refractivity contribution is 7.13. The molecule has 5 aromatic rings. The lowest BCUT2D eigenvalue weighted by Crippen LogP contribution is -2.15. The second-order valence-electron chi connectivity index (χ2n) is 8.87. The quantitative estimate of drug-likeness (QED) is 0.222. The molecule has 37 heavy (non-hydrogen) atoms. The van der Waals surface area contributed by atoms with Crippen LogP contribution < -0.4 is 10.6 Å². The van der Waals surface area contributed by atoms with E-state index in [0.717, 1.165) is 51.5 Å². The van der Waals surface area contributed by atoms with Crippen LogP contribution in [0.4, 0.5) is 18.9 Å². The lowest BCUT2D eigenvalue weighted by molar-refractivity contribution is -0.141. The highest BCUT2D eigenvalue weighted by Gasteiger charge is 2.33. The molecule has 2 aromatic carbocycles.